The molecule has 4 rings (SSSR count). The smallest absolute Gasteiger partial charge is 0.271 e. The van der Waals surface area contributed by atoms with Gasteiger partial charge in [0, 0.05) is 31.1 Å². The zero-order valence-corrected chi connectivity index (χ0v) is 14.3. The number of hydrogen-bond acceptors (Lipinski definition) is 3. The molecule has 2 saturated heterocycles. The second-order valence-electron chi connectivity index (χ2n) is 6.90. The molecule has 2 aliphatic rings. The highest BCUT2D eigenvalue weighted by molar-refractivity contribution is 5.93. The summed E-state index contributed by atoms with van der Waals surface area (Å²) < 4.78 is 0. The van der Waals surface area contributed by atoms with Crippen molar-refractivity contribution in [2.45, 2.75) is 32.2 Å². The number of amides is 2. The lowest BCUT2D eigenvalue weighted by Crippen LogP contribution is -2.49. The molecule has 2 aromatic rings. The van der Waals surface area contributed by atoms with E-state index >= 15 is 0 Å². The van der Waals surface area contributed by atoms with Crippen molar-refractivity contribution in [3.63, 3.8) is 0 Å². The van der Waals surface area contributed by atoms with Crippen molar-refractivity contribution in [1.29, 1.82) is 0 Å². The molecule has 2 amide bonds. The van der Waals surface area contributed by atoms with Gasteiger partial charge in [-0.25, -0.2) is 0 Å². The van der Waals surface area contributed by atoms with Crippen LogP contribution >= 0.6 is 0 Å². The summed E-state index contributed by atoms with van der Waals surface area (Å²) in [6.07, 6.45) is 2.46. The number of fused-ring (bicyclic) bond motifs is 1. The second-order valence-corrected chi connectivity index (χ2v) is 6.90. The molecule has 130 valence electrons. The molecule has 6 nitrogen and oxygen atoms in total. The first-order chi connectivity index (χ1) is 12.1. The minimum absolute atomic E-state index is 0.0523. The van der Waals surface area contributed by atoms with Crippen LogP contribution in [0.4, 0.5) is 0 Å². The predicted octanol–water partition coefficient (Wildman–Crippen LogP) is 1.99. The molecule has 6 heteroatoms. The van der Waals surface area contributed by atoms with Crippen LogP contribution in [0.1, 0.15) is 35.8 Å². The first-order valence-electron chi connectivity index (χ1n) is 8.87. The van der Waals surface area contributed by atoms with Crippen LogP contribution in [0.5, 0.6) is 0 Å². The fourth-order valence-corrected chi connectivity index (χ4v) is 3.76. The number of H-pyrrole nitrogens is 1. The van der Waals surface area contributed by atoms with Crippen LogP contribution in [0.2, 0.25) is 0 Å². The van der Waals surface area contributed by atoms with E-state index in [0.29, 0.717) is 31.1 Å². The van der Waals surface area contributed by atoms with Gasteiger partial charge in [0.1, 0.15) is 5.69 Å². The fourth-order valence-electron chi connectivity index (χ4n) is 3.76. The SMILES string of the molecule is CCc1ccc(-c2cc(C(=O)N3CC[C@@H]4CC(=O)N[C@@H]4C3)[nH]n2)cc1. The summed E-state index contributed by atoms with van der Waals surface area (Å²) in [7, 11) is 0. The van der Waals surface area contributed by atoms with Crippen molar-refractivity contribution in [2.24, 2.45) is 5.92 Å². The minimum atomic E-state index is -0.0523. The van der Waals surface area contributed by atoms with E-state index in [4.69, 9.17) is 0 Å². The normalized spacial score (nSPS) is 22.6. The van der Waals surface area contributed by atoms with E-state index < -0.39 is 0 Å². The van der Waals surface area contributed by atoms with Crippen LogP contribution < -0.4 is 5.32 Å². The maximum atomic E-state index is 12.8. The molecule has 0 bridgehead atoms. The third-order valence-corrected chi connectivity index (χ3v) is 5.30. The summed E-state index contributed by atoms with van der Waals surface area (Å²) in [4.78, 5) is 26.1. The van der Waals surface area contributed by atoms with Crippen LogP contribution in [0.15, 0.2) is 30.3 Å². The largest absolute Gasteiger partial charge is 0.351 e. The van der Waals surface area contributed by atoms with E-state index in [9.17, 15) is 9.59 Å². The molecule has 2 aliphatic heterocycles. The Morgan fingerprint density at radius 1 is 1.32 bits per heavy atom. The Kier molecular flexibility index (Phi) is 4.03. The molecule has 1 aromatic carbocycles. The third kappa shape index (κ3) is 3.04. The summed E-state index contributed by atoms with van der Waals surface area (Å²) >= 11 is 0. The average Bonchev–Trinajstić information content (AvgIpc) is 3.26. The lowest BCUT2D eigenvalue weighted by atomic mass is 9.92. The lowest BCUT2D eigenvalue weighted by Gasteiger charge is -2.34. The number of aromatic nitrogens is 2. The van der Waals surface area contributed by atoms with E-state index in [1.54, 1.807) is 0 Å². The van der Waals surface area contributed by atoms with E-state index in [1.807, 2.05) is 23.1 Å². The van der Waals surface area contributed by atoms with Gasteiger partial charge in [0.25, 0.3) is 5.91 Å². The maximum absolute atomic E-state index is 12.8. The number of nitrogens with zero attached hydrogens (tertiary/aromatic N) is 2. The number of aryl methyl sites for hydroxylation is 1. The van der Waals surface area contributed by atoms with E-state index in [0.717, 1.165) is 24.1 Å². The Bertz CT molecular complexity index is 796. The highest BCUT2D eigenvalue weighted by atomic mass is 16.2. The molecular weight excluding hydrogens is 316 g/mol. The van der Waals surface area contributed by atoms with Crippen molar-refractivity contribution in [3.05, 3.63) is 41.6 Å². The number of hydrogen-bond donors (Lipinski definition) is 2. The standard InChI is InChI=1S/C19H22N4O2/c1-2-12-3-5-13(6-4-12)15-10-16(22-21-15)19(25)23-8-7-14-9-18(24)20-17(14)11-23/h3-6,10,14,17H,2,7-9,11H2,1H3,(H,20,24)(H,21,22)/t14-,17-/m1/s1. The third-order valence-electron chi connectivity index (χ3n) is 5.30. The van der Waals surface area contributed by atoms with Crippen LogP contribution in [0.25, 0.3) is 11.3 Å². The van der Waals surface area contributed by atoms with Crippen molar-refractivity contribution in [1.82, 2.24) is 20.4 Å². The summed E-state index contributed by atoms with van der Waals surface area (Å²) in [5, 5.41) is 10.1. The number of carbonyl (C=O) groups excluding carboxylic acids is 2. The summed E-state index contributed by atoms with van der Waals surface area (Å²) in [6, 6.07) is 10.1. The highest BCUT2D eigenvalue weighted by Gasteiger charge is 2.38. The molecule has 0 spiro atoms. The van der Waals surface area contributed by atoms with Crippen molar-refractivity contribution in [3.8, 4) is 11.3 Å². The topological polar surface area (TPSA) is 78.1 Å². The summed E-state index contributed by atoms with van der Waals surface area (Å²) in [5.74, 6) is 0.415. The van der Waals surface area contributed by atoms with Gasteiger partial charge in [-0.1, -0.05) is 31.2 Å². The molecule has 2 N–H and O–H groups in total. The Balaban J connectivity index is 1.47. The van der Waals surface area contributed by atoms with Gasteiger partial charge >= 0.3 is 0 Å². The number of carbonyl (C=O) groups is 2. The molecule has 0 saturated carbocycles. The average molecular weight is 338 g/mol. The molecule has 0 aliphatic carbocycles. The number of nitrogens with one attached hydrogen (secondary N) is 2. The van der Waals surface area contributed by atoms with Gasteiger partial charge in [0.15, 0.2) is 0 Å². The summed E-state index contributed by atoms with van der Waals surface area (Å²) in [6.45, 7) is 3.39. The highest BCUT2D eigenvalue weighted by Crippen LogP contribution is 2.27. The summed E-state index contributed by atoms with van der Waals surface area (Å²) in [5.41, 5.74) is 3.54. The van der Waals surface area contributed by atoms with Gasteiger partial charge in [0.05, 0.1) is 5.69 Å². The van der Waals surface area contributed by atoms with Crippen LogP contribution in [0.3, 0.4) is 0 Å². The number of rotatable bonds is 3. The number of aromatic amines is 1. The van der Waals surface area contributed by atoms with Gasteiger partial charge in [-0.3, -0.25) is 14.7 Å². The van der Waals surface area contributed by atoms with Crippen molar-refractivity contribution in [2.75, 3.05) is 13.1 Å². The Morgan fingerprint density at radius 2 is 2.12 bits per heavy atom. The number of piperidine rings is 1. The van der Waals surface area contributed by atoms with E-state index in [-0.39, 0.29) is 17.9 Å². The monoisotopic (exact) mass is 338 g/mol. The van der Waals surface area contributed by atoms with Gasteiger partial charge in [0.2, 0.25) is 5.91 Å². The quantitative estimate of drug-likeness (QED) is 0.898. The Labute approximate surface area is 146 Å². The van der Waals surface area contributed by atoms with Gasteiger partial charge in [-0.2, -0.15) is 5.10 Å². The first kappa shape index (κ1) is 15.9. The number of likely N-dealkylation sites (tertiary alicyclic amines) is 1. The Morgan fingerprint density at radius 3 is 2.88 bits per heavy atom. The van der Waals surface area contributed by atoms with Crippen LogP contribution in [0, 0.1) is 5.92 Å². The molecule has 3 heterocycles. The van der Waals surface area contributed by atoms with E-state index in [2.05, 4.69) is 34.6 Å². The molecule has 2 fully saturated rings. The maximum Gasteiger partial charge on any atom is 0.271 e. The van der Waals surface area contributed by atoms with Gasteiger partial charge in [-0.15, -0.1) is 0 Å². The van der Waals surface area contributed by atoms with E-state index in [1.165, 1.54) is 5.56 Å². The molecule has 2 atom stereocenters. The predicted molar refractivity (Wildman–Crippen MR) is 94.0 cm³/mol. The lowest BCUT2D eigenvalue weighted by molar-refractivity contribution is -0.119. The molecular formula is C19H22N4O2. The first-order valence-corrected chi connectivity index (χ1v) is 8.87. The molecule has 0 unspecified atom stereocenters. The van der Waals surface area contributed by atoms with Crippen LogP contribution in [-0.2, 0) is 11.2 Å². The zero-order chi connectivity index (χ0) is 17.4. The zero-order valence-electron chi connectivity index (χ0n) is 14.3. The minimum Gasteiger partial charge on any atom is -0.351 e. The van der Waals surface area contributed by atoms with Crippen molar-refractivity contribution < 1.29 is 9.59 Å². The van der Waals surface area contributed by atoms with Crippen LogP contribution in [-0.4, -0.2) is 46.0 Å². The van der Waals surface area contributed by atoms with Gasteiger partial charge in [-0.05, 0) is 30.4 Å². The van der Waals surface area contributed by atoms with Gasteiger partial charge < -0.3 is 10.2 Å². The second kappa shape index (κ2) is 6.35. The van der Waals surface area contributed by atoms with Crippen molar-refractivity contribution >= 4 is 11.8 Å². The molecule has 0 radical (unpaired) electrons. The molecule has 1 aromatic heterocycles. The Hall–Kier alpha value is -2.63. The molecule has 25 heavy (non-hydrogen) atoms. The number of benzene rings is 1. The fraction of sp³-hybridized carbons (Fsp3) is 0.421.